The van der Waals surface area contributed by atoms with E-state index in [-0.39, 0.29) is 11.9 Å². The van der Waals surface area contributed by atoms with Gasteiger partial charge in [0.2, 0.25) is 0 Å². The van der Waals surface area contributed by atoms with Gasteiger partial charge in [0, 0.05) is 18.3 Å². The first kappa shape index (κ1) is 13.4. The second-order valence-corrected chi connectivity index (χ2v) is 5.71. The molecule has 1 atom stereocenters. The molecule has 1 aromatic carbocycles. The Hall–Kier alpha value is -1.56. The maximum absolute atomic E-state index is 12.3. The second kappa shape index (κ2) is 5.83. The number of benzene rings is 1. The number of Topliss-reactive ketones (excluding diaryl/α,β-unsaturated/α-hetero) is 1. The van der Waals surface area contributed by atoms with E-state index in [1.54, 1.807) is 5.38 Å². The van der Waals surface area contributed by atoms with E-state index in [2.05, 4.69) is 11.1 Å². The number of hydrogen-bond donors (Lipinski definition) is 1. The molecular weight excluding hydrogens is 272 g/mol. The fourth-order valence-electron chi connectivity index (χ4n) is 2.45. The van der Waals surface area contributed by atoms with Gasteiger partial charge in [0.05, 0.1) is 12.7 Å². The van der Waals surface area contributed by atoms with Crippen LogP contribution in [0.2, 0.25) is 0 Å². The lowest BCUT2D eigenvalue weighted by atomic mass is 9.94. The van der Waals surface area contributed by atoms with Crippen molar-refractivity contribution >= 4 is 17.1 Å². The van der Waals surface area contributed by atoms with E-state index in [4.69, 9.17) is 10.5 Å². The van der Waals surface area contributed by atoms with Crippen molar-refractivity contribution in [3.8, 4) is 0 Å². The number of ether oxygens (including phenoxy) is 1. The van der Waals surface area contributed by atoms with Crippen LogP contribution in [0.5, 0.6) is 0 Å². The average Bonchev–Trinajstić information content (AvgIpc) is 2.97. The van der Waals surface area contributed by atoms with Crippen molar-refractivity contribution < 1.29 is 9.53 Å². The predicted octanol–water partition coefficient (Wildman–Crippen LogP) is 2.49. The summed E-state index contributed by atoms with van der Waals surface area (Å²) >= 11 is 1.43. The normalized spacial score (nSPS) is 17.8. The molecule has 0 radical (unpaired) electrons. The first-order valence-electron chi connectivity index (χ1n) is 6.65. The highest BCUT2D eigenvalue weighted by Crippen LogP contribution is 2.30. The Morgan fingerprint density at radius 3 is 3.10 bits per heavy atom. The van der Waals surface area contributed by atoms with Gasteiger partial charge in [-0.3, -0.25) is 4.79 Å². The van der Waals surface area contributed by atoms with Gasteiger partial charge in [-0.25, -0.2) is 4.98 Å². The molecule has 1 aromatic heterocycles. The topological polar surface area (TPSA) is 65.2 Å². The molecule has 1 aliphatic rings. The zero-order chi connectivity index (χ0) is 13.9. The molecule has 0 aliphatic carbocycles. The minimum atomic E-state index is -0.157. The van der Waals surface area contributed by atoms with Crippen LogP contribution in [-0.2, 0) is 17.7 Å². The standard InChI is InChI=1S/C15H16N2O2S/c16-8-15-17-12(9-20-15)13(18)7-14-11-4-2-1-3-10(11)5-6-19-14/h1-4,9,14H,5-8,16H2. The highest BCUT2D eigenvalue weighted by atomic mass is 32.1. The van der Waals surface area contributed by atoms with E-state index >= 15 is 0 Å². The Morgan fingerprint density at radius 2 is 2.30 bits per heavy atom. The Bertz CT molecular complexity index is 624. The van der Waals surface area contributed by atoms with Gasteiger partial charge in [-0.1, -0.05) is 24.3 Å². The number of fused-ring (bicyclic) bond motifs is 1. The molecule has 0 spiro atoms. The molecule has 2 aromatic rings. The van der Waals surface area contributed by atoms with Crippen molar-refractivity contribution in [2.75, 3.05) is 6.61 Å². The van der Waals surface area contributed by atoms with E-state index in [9.17, 15) is 4.79 Å². The molecule has 4 nitrogen and oxygen atoms in total. The fourth-order valence-corrected chi connectivity index (χ4v) is 3.13. The van der Waals surface area contributed by atoms with E-state index in [1.807, 2.05) is 18.2 Å². The first-order chi connectivity index (χ1) is 9.78. The van der Waals surface area contributed by atoms with Crippen molar-refractivity contribution in [2.24, 2.45) is 5.73 Å². The zero-order valence-corrected chi connectivity index (χ0v) is 11.9. The van der Waals surface area contributed by atoms with Crippen LogP contribution in [0.3, 0.4) is 0 Å². The van der Waals surface area contributed by atoms with E-state index < -0.39 is 0 Å². The fraction of sp³-hybridized carbons (Fsp3) is 0.333. The molecule has 3 rings (SSSR count). The Morgan fingerprint density at radius 1 is 1.45 bits per heavy atom. The van der Waals surface area contributed by atoms with Crippen LogP contribution in [0.25, 0.3) is 0 Å². The predicted molar refractivity (Wildman–Crippen MR) is 77.8 cm³/mol. The molecule has 0 saturated carbocycles. The number of ketones is 1. The first-order valence-corrected chi connectivity index (χ1v) is 7.53. The third-order valence-electron chi connectivity index (χ3n) is 3.48. The van der Waals surface area contributed by atoms with Crippen LogP contribution in [0, 0.1) is 0 Å². The van der Waals surface area contributed by atoms with Crippen molar-refractivity contribution in [3.05, 3.63) is 51.5 Å². The summed E-state index contributed by atoms with van der Waals surface area (Å²) in [5.74, 6) is 0.0163. The second-order valence-electron chi connectivity index (χ2n) is 4.77. The molecule has 2 N–H and O–H groups in total. The molecule has 0 bridgehead atoms. The van der Waals surface area contributed by atoms with Gasteiger partial charge in [-0.15, -0.1) is 11.3 Å². The molecule has 20 heavy (non-hydrogen) atoms. The van der Waals surface area contributed by atoms with E-state index in [0.717, 1.165) is 17.0 Å². The number of aromatic nitrogens is 1. The molecule has 1 unspecified atom stereocenters. The lowest BCUT2D eigenvalue weighted by Crippen LogP contribution is -2.19. The summed E-state index contributed by atoms with van der Waals surface area (Å²) in [4.78, 5) is 16.5. The Balaban J connectivity index is 1.77. The molecule has 5 heteroatoms. The molecular formula is C15H16N2O2S. The van der Waals surface area contributed by atoms with Gasteiger partial charge in [-0.2, -0.15) is 0 Å². The summed E-state index contributed by atoms with van der Waals surface area (Å²) < 4.78 is 5.76. The van der Waals surface area contributed by atoms with Crippen LogP contribution in [0.1, 0.15) is 39.1 Å². The molecule has 0 amide bonds. The minimum Gasteiger partial charge on any atom is -0.373 e. The maximum atomic E-state index is 12.3. The van der Waals surface area contributed by atoms with Crippen LogP contribution in [-0.4, -0.2) is 17.4 Å². The summed E-state index contributed by atoms with van der Waals surface area (Å²) in [5, 5.41) is 2.57. The Labute approximate surface area is 121 Å². The van der Waals surface area contributed by atoms with Crippen LogP contribution in [0.4, 0.5) is 0 Å². The van der Waals surface area contributed by atoms with E-state index in [0.29, 0.717) is 25.3 Å². The lowest BCUT2D eigenvalue weighted by Gasteiger charge is -2.25. The van der Waals surface area contributed by atoms with Gasteiger partial charge >= 0.3 is 0 Å². The van der Waals surface area contributed by atoms with Gasteiger partial charge in [0.15, 0.2) is 5.78 Å². The summed E-state index contributed by atoms with van der Waals surface area (Å²) in [6.07, 6.45) is 1.09. The lowest BCUT2D eigenvalue weighted by molar-refractivity contribution is 0.0350. The third-order valence-corrected chi connectivity index (χ3v) is 4.35. The van der Waals surface area contributed by atoms with Crippen molar-refractivity contribution in [3.63, 3.8) is 0 Å². The number of carbonyl (C=O) groups is 1. The van der Waals surface area contributed by atoms with Gasteiger partial charge in [0.1, 0.15) is 10.7 Å². The van der Waals surface area contributed by atoms with Gasteiger partial charge in [0.25, 0.3) is 0 Å². The largest absolute Gasteiger partial charge is 0.373 e. The van der Waals surface area contributed by atoms with Crippen LogP contribution >= 0.6 is 11.3 Å². The van der Waals surface area contributed by atoms with Gasteiger partial charge in [-0.05, 0) is 17.5 Å². The van der Waals surface area contributed by atoms with Crippen molar-refractivity contribution in [1.82, 2.24) is 4.98 Å². The van der Waals surface area contributed by atoms with Crippen molar-refractivity contribution in [1.29, 1.82) is 0 Å². The smallest absolute Gasteiger partial charge is 0.184 e. The molecule has 2 heterocycles. The van der Waals surface area contributed by atoms with Gasteiger partial charge < -0.3 is 10.5 Å². The summed E-state index contributed by atoms with van der Waals surface area (Å²) in [6, 6.07) is 8.15. The van der Waals surface area contributed by atoms with Crippen LogP contribution < -0.4 is 5.73 Å². The monoisotopic (exact) mass is 288 g/mol. The quantitative estimate of drug-likeness (QED) is 0.878. The third kappa shape index (κ3) is 2.65. The van der Waals surface area contributed by atoms with E-state index in [1.165, 1.54) is 16.9 Å². The summed E-state index contributed by atoms with van der Waals surface area (Å²) in [6.45, 7) is 1.04. The average molecular weight is 288 g/mol. The molecule has 0 fully saturated rings. The SMILES string of the molecule is NCc1nc(C(=O)CC2OCCc3ccccc32)cs1. The number of hydrogen-bond acceptors (Lipinski definition) is 5. The highest BCUT2D eigenvalue weighted by molar-refractivity contribution is 7.09. The number of carbonyl (C=O) groups excluding carboxylic acids is 1. The summed E-state index contributed by atoms with van der Waals surface area (Å²) in [5.41, 5.74) is 8.43. The van der Waals surface area contributed by atoms with Crippen molar-refractivity contribution in [2.45, 2.75) is 25.5 Å². The number of nitrogens with two attached hydrogens (primary N) is 1. The summed E-state index contributed by atoms with van der Waals surface area (Å²) in [7, 11) is 0. The minimum absolute atomic E-state index is 0.0163. The Kier molecular flexibility index (Phi) is 3.91. The molecule has 1 aliphatic heterocycles. The molecule has 0 saturated heterocycles. The maximum Gasteiger partial charge on any atom is 0.184 e. The highest BCUT2D eigenvalue weighted by Gasteiger charge is 2.24. The number of nitrogens with zero attached hydrogens (tertiary/aromatic N) is 1. The molecule has 104 valence electrons. The van der Waals surface area contributed by atoms with Crippen LogP contribution in [0.15, 0.2) is 29.6 Å². The number of rotatable bonds is 4. The number of thiazole rings is 1. The zero-order valence-electron chi connectivity index (χ0n) is 11.0.